The molecule has 2 aromatic rings. The molecule has 0 saturated heterocycles. The van der Waals surface area contributed by atoms with Gasteiger partial charge in [-0.05, 0) is 48.6 Å². The summed E-state index contributed by atoms with van der Waals surface area (Å²) in [5.41, 5.74) is 0. The molecular formula is C16H20Cl2O2S. The largest absolute Gasteiger partial charge is 0.490 e. The van der Waals surface area contributed by atoms with Gasteiger partial charge in [-0.2, -0.15) is 0 Å². The first-order valence-corrected chi connectivity index (χ1v) is 9.19. The standard InChI is InChI=1S/C16H20Cl2O2S/c17-6-1-3-8-19-14-11-13-5-10-21-16(13)12-15(14)20-9-4-2-7-18/h5,10-12H,1-4,6-9H2. The molecule has 0 bridgehead atoms. The van der Waals surface area contributed by atoms with Crippen LogP contribution in [-0.4, -0.2) is 25.0 Å². The Morgan fingerprint density at radius 3 is 2.10 bits per heavy atom. The molecule has 0 aliphatic heterocycles. The molecular weight excluding hydrogens is 327 g/mol. The van der Waals surface area contributed by atoms with E-state index < -0.39 is 0 Å². The van der Waals surface area contributed by atoms with Crippen molar-refractivity contribution in [1.29, 1.82) is 0 Å². The molecule has 0 aliphatic carbocycles. The van der Waals surface area contributed by atoms with Crippen LogP contribution in [0, 0.1) is 0 Å². The van der Waals surface area contributed by atoms with E-state index in [4.69, 9.17) is 32.7 Å². The molecule has 0 spiro atoms. The lowest BCUT2D eigenvalue weighted by Crippen LogP contribution is -2.03. The zero-order valence-corrected chi connectivity index (χ0v) is 14.3. The normalized spacial score (nSPS) is 11.0. The van der Waals surface area contributed by atoms with Crippen LogP contribution in [0.3, 0.4) is 0 Å². The van der Waals surface area contributed by atoms with Gasteiger partial charge in [0.15, 0.2) is 11.5 Å². The zero-order valence-electron chi connectivity index (χ0n) is 11.9. The quantitative estimate of drug-likeness (QED) is 0.406. The number of hydrogen-bond donors (Lipinski definition) is 0. The molecule has 0 radical (unpaired) electrons. The van der Waals surface area contributed by atoms with Crippen molar-refractivity contribution in [3.63, 3.8) is 0 Å². The Hall–Kier alpha value is -0.640. The lowest BCUT2D eigenvalue weighted by Gasteiger charge is -2.13. The minimum atomic E-state index is 0.667. The average Bonchev–Trinajstić information content (AvgIpc) is 2.95. The third-order valence-corrected chi connectivity index (χ3v) is 4.50. The predicted octanol–water partition coefficient (Wildman–Crippen LogP) is 5.70. The van der Waals surface area contributed by atoms with E-state index in [1.165, 1.54) is 10.1 Å². The number of fused-ring (bicyclic) bond motifs is 1. The van der Waals surface area contributed by atoms with Crippen molar-refractivity contribution in [2.24, 2.45) is 0 Å². The fourth-order valence-electron chi connectivity index (χ4n) is 1.95. The molecule has 0 N–H and O–H groups in total. The molecule has 1 heterocycles. The number of ether oxygens (including phenoxy) is 2. The Labute approximate surface area is 140 Å². The first-order chi connectivity index (χ1) is 10.3. The fraction of sp³-hybridized carbons (Fsp3) is 0.500. The smallest absolute Gasteiger partial charge is 0.162 e. The van der Waals surface area contributed by atoms with Gasteiger partial charge in [0.1, 0.15) is 0 Å². The molecule has 21 heavy (non-hydrogen) atoms. The molecule has 116 valence electrons. The summed E-state index contributed by atoms with van der Waals surface area (Å²) in [6.45, 7) is 1.34. The van der Waals surface area contributed by atoms with Crippen molar-refractivity contribution in [2.75, 3.05) is 25.0 Å². The number of alkyl halides is 2. The average molecular weight is 347 g/mol. The summed E-state index contributed by atoms with van der Waals surface area (Å²) >= 11 is 13.1. The molecule has 1 aromatic heterocycles. The molecule has 2 nitrogen and oxygen atoms in total. The highest BCUT2D eigenvalue weighted by atomic mass is 35.5. The van der Waals surface area contributed by atoms with E-state index in [1.807, 2.05) is 0 Å². The molecule has 0 amide bonds. The number of thiophene rings is 1. The monoisotopic (exact) mass is 346 g/mol. The first-order valence-electron chi connectivity index (χ1n) is 7.24. The highest BCUT2D eigenvalue weighted by molar-refractivity contribution is 7.17. The van der Waals surface area contributed by atoms with Gasteiger partial charge >= 0.3 is 0 Å². The summed E-state index contributed by atoms with van der Waals surface area (Å²) in [5, 5.41) is 3.28. The second-order valence-corrected chi connectivity index (χ2v) is 6.45. The van der Waals surface area contributed by atoms with Crippen molar-refractivity contribution in [2.45, 2.75) is 25.7 Å². The van der Waals surface area contributed by atoms with Gasteiger partial charge in [0, 0.05) is 22.5 Å². The Morgan fingerprint density at radius 2 is 1.48 bits per heavy atom. The van der Waals surface area contributed by atoms with Crippen LogP contribution in [0.2, 0.25) is 0 Å². The molecule has 0 saturated carbocycles. The summed E-state index contributed by atoms with van der Waals surface area (Å²) in [4.78, 5) is 0. The van der Waals surface area contributed by atoms with Gasteiger partial charge in [0.25, 0.3) is 0 Å². The third-order valence-electron chi connectivity index (χ3n) is 3.09. The number of hydrogen-bond acceptors (Lipinski definition) is 3. The fourth-order valence-corrected chi connectivity index (χ4v) is 3.13. The minimum absolute atomic E-state index is 0.667. The van der Waals surface area contributed by atoms with Gasteiger partial charge in [-0.3, -0.25) is 0 Å². The highest BCUT2D eigenvalue weighted by Crippen LogP contribution is 2.35. The maximum absolute atomic E-state index is 5.87. The number of benzene rings is 1. The topological polar surface area (TPSA) is 18.5 Å². The minimum Gasteiger partial charge on any atom is -0.490 e. The van der Waals surface area contributed by atoms with E-state index in [1.54, 1.807) is 11.3 Å². The Morgan fingerprint density at radius 1 is 0.857 bits per heavy atom. The van der Waals surface area contributed by atoms with Crippen molar-refractivity contribution < 1.29 is 9.47 Å². The van der Waals surface area contributed by atoms with Crippen molar-refractivity contribution in [1.82, 2.24) is 0 Å². The summed E-state index contributed by atoms with van der Waals surface area (Å²) in [6.07, 6.45) is 3.84. The van der Waals surface area contributed by atoms with E-state index in [0.29, 0.717) is 25.0 Å². The molecule has 5 heteroatoms. The zero-order chi connectivity index (χ0) is 14.9. The SMILES string of the molecule is ClCCCCOc1cc2ccsc2cc1OCCCCCl. The van der Waals surface area contributed by atoms with E-state index in [2.05, 4.69) is 23.6 Å². The molecule has 0 fully saturated rings. The van der Waals surface area contributed by atoms with Crippen LogP contribution in [0.1, 0.15) is 25.7 Å². The van der Waals surface area contributed by atoms with Gasteiger partial charge in [-0.25, -0.2) is 0 Å². The Bertz CT molecular complexity index is 496. The van der Waals surface area contributed by atoms with Gasteiger partial charge in [-0.1, -0.05) is 0 Å². The summed E-state index contributed by atoms with van der Waals surface area (Å²) in [7, 11) is 0. The van der Waals surface area contributed by atoms with Crippen molar-refractivity contribution in [3.05, 3.63) is 23.6 Å². The van der Waals surface area contributed by atoms with E-state index in [9.17, 15) is 0 Å². The Kier molecular flexibility index (Phi) is 7.48. The van der Waals surface area contributed by atoms with Gasteiger partial charge in [-0.15, -0.1) is 34.5 Å². The number of unbranched alkanes of at least 4 members (excludes halogenated alkanes) is 2. The highest BCUT2D eigenvalue weighted by Gasteiger charge is 2.09. The van der Waals surface area contributed by atoms with Crippen LogP contribution in [0.15, 0.2) is 23.6 Å². The van der Waals surface area contributed by atoms with Crippen LogP contribution in [0.4, 0.5) is 0 Å². The Balaban J connectivity index is 2.03. The number of rotatable bonds is 10. The van der Waals surface area contributed by atoms with Gasteiger partial charge in [0.05, 0.1) is 13.2 Å². The van der Waals surface area contributed by atoms with Crippen LogP contribution in [0.25, 0.3) is 10.1 Å². The summed E-state index contributed by atoms with van der Waals surface area (Å²) < 4.78 is 13.0. The second-order valence-electron chi connectivity index (χ2n) is 4.75. The van der Waals surface area contributed by atoms with Crippen LogP contribution < -0.4 is 9.47 Å². The molecule has 2 rings (SSSR count). The lowest BCUT2D eigenvalue weighted by molar-refractivity contribution is 0.263. The molecule has 0 atom stereocenters. The van der Waals surface area contributed by atoms with E-state index in [-0.39, 0.29) is 0 Å². The molecule has 0 unspecified atom stereocenters. The van der Waals surface area contributed by atoms with Crippen LogP contribution in [-0.2, 0) is 0 Å². The second kappa shape index (κ2) is 9.39. The van der Waals surface area contributed by atoms with Crippen LogP contribution in [0.5, 0.6) is 11.5 Å². The molecule has 1 aromatic carbocycles. The number of halogens is 2. The predicted molar refractivity (Wildman–Crippen MR) is 92.7 cm³/mol. The van der Waals surface area contributed by atoms with Gasteiger partial charge < -0.3 is 9.47 Å². The maximum Gasteiger partial charge on any atom is 0.162 e. The van der Waals surface area contributed by atoms with Crippen LogP contribution >= 0.6 is 34.5 Å². The van der Waals surface area contributed by atoms with Gasteiger partial charge in [0.2, 0.25) is 0 Å². The summed E-state index contributed by atoms with van der Waals surface area (Å²) in [5.74, 6) is 3.00. The lowest BCUT2D eigenvalue weighted by atomic mass is 10.2. The first kappa shape index (κ1) is 16.7. The van der Waals surface area contributed by atoms with E-state index in [0.717, 1.165) is 37.2 Å². The van der Waals surface area contributed by atoms with E-state index >= 15 is 0 Å². The molecule has 0 aliphatic rings. The van der Waals surface area contributed by atoms with Crippen molar-refractivity contribution >= 4 is 44.6 Å². The third kappa shape index (κ3) is 5.24. The van der Waals surface area contributed by atoms with Crippen molar-refractivity contribution in [3.8, 4) is 11.5 Å². The summed E-state index contributed by atoms with van der Waals surface area (Å²) in [6, 6.07) is 6.23. The maximum atomic E-state index is 5.87.